The van der Waals surface area contributed by atoms with E-state index in [-0.39, 0.29) is 12.0 Å². The number of hydrogen-bond donors (Lipinski definition) is 2. The van der Waals surface area contributed by atoms with Crippen LogP contribution in [-0.4, -0.2) is 16.2 Å². The van der Waals surface area contributed by atoms with Crippen LogP contribution in [-0.2, 0) is 4.79 Å². The fourth-order valence-corrected chi connectivity index (χ4v) is 2.10. The van der Waals surface area contributed by atoms with E-state index in [1.54, 1.807) is 6.92 Å². The third-order valence-corrected chi connectivity index (χ3v) is 2.78. The highest BCUT2D eigenvalue weighted by atomic mass is 79.9. The molecule has 0 bridgehead atoms. The Morgan fingerprint density at radius 3 is 2.73 bits per heavy atom. The van der Waals surface area contributed by atoms with Crippen LogP contribution in [0.4, 0.5) is 4.39 Å². The van der Waals surface area contributed by atoms with Crippen LogP contribution in [0.5, 0.6) is 5.75 Å². The van der Waals surface area contributed by atoms with Crippen molar-refractivity contribution in [1.82, 2.24) is 0 Å². The number of halogens is 2. The summed E-state index contributed by atoms with van der Waals surface area (Å²) in [6.45, 7) is 1.62. The standard InChI is InChI=1S/C10H10BrFO3/c1-5(4-8(13)14)9-6(11)2-3-7(12)10(9)15/h2-3,5,15H,4H2,1H3,(H,13,14). The Morgan fingerprint density at radius 2 is 2.20 bits per heavy atom. The van der Waals surface area contributed by atoms with E-state index < -0.39 is 23.5 Å². The number of rotatable bonds is 3. The molecule has 1 unspecified atom stereocenters. The van der Waals surface area contributed by atoms with Crippen LogP contribution in [0.3, 0.4) is 0 Å². The molecule has 0 radical (unpaired) electrons. The van der Waals surface area contributed by atoms with Gasteiger partial charge in [-0.2, -0.15) is 0 Å². The molecule has 3 nitrogen and oxygen atoms in total. The first-order valence-electron chi connectivity index (χ1n) is 4.32. The molecule has 0 heterocycles. The zero-order valence-corrected chi connectivity index (χ0v) is 9.58. The molecular weight excluding hydrogens is 267 g/mol. The molecule has 0 fully saturated rings. The third-order valence-electron chi connectivity index (χ3n) is 2.09. The third kappa shape index (κ3) is 2.68. The molecule has 2 N–H and O–H groups in total. The highest BCUT2D eigenvalue weighted by Crippen LogP contribution is 2.36. The molecule has 0 spiro atoms. The topological polar surface area (TPSA) is 57.5 Å². The van der Waals surface area contributed by atoms with Crippen molar-refractivity contribution in [3.63, 3.8) is 0 Å². The summed E-state index contributed by atoms with van der Waals surface area (Å²) >= 11 is 3.15. The van der Waals surface area contributed by atoms with Gasteiger partial charge < -0.3 is 10.2 Å². The molecule has 0 aliphatic heterocycles. The van der Waals surface area contributed by atoms with Gasteiger partial charge in [-0.1, -0.05) is 22.9 Å². The van der Waals surface area contributed by atoms with Gasteiger partial charge in [0.05, 0.1) is 6.42 Å². The summed E-state index contributed by atoms with van der Waals surface area (Å²) < 4.78 is 13.5. The molecule has 0 aliphatic carbocycles. The van der Waals surface area contributed by atoms with E-state index in [1.807, 2.05) is 0 Å². The van der Waals surface area contributed by atoms with Crippen LogP contribution in [0.2, 0.25) is 0 Å². The van der Waals surface area contributed by atoms with Gasteiger partial charge in [0.1, 0.15) is 0 Å². The summed E-state index contributed by atoms with van der Waals surface area (Å²) in [4.78, 5) is 10.5. The molecular formula is C10H10BrFO3. The lowest BCUT2D eigenvalue weighted by Gasteiger charge is -2.13. The summed E-state index contributed by atoms with van der Waals surface area (Å²) in [5.41, 5.74) is 0.289. The van der Waals surface area contributed by atoms with Crippen molar-refractivity contribution in [3.05, 3.63) is 28.0 Å². The fourth-order valence-electron chi connectivity index (χ4n) is 1.39. The smallest absolute Gasteiger partial charge is 0.303 e. The number of aliphatic carboxylic acids is 1. The number of carboxylic acids is 1. The highest BCUT2D eigenvalue weighted by molar-refractivity contribution is 9.10. The minimum absolute atomic E-state index is 0.157. The number of aromatic hydroxyl groups is 1. The van der Waals surface area contributed by atoms with Gasteiger partial charge in [-0.05, 0) is 18.1 Å². The summed E-state index contributed by atoms with van der Waals surface area (Å²) in [6, 6.07) is 2.57. The summed E-state index contributed by atoms with van der Waals surface area (Å²) in [6.07, 6.45) is -0.157. The van der Waals surface area contributed by atoms with E-state index >= 15 is 0 Å². The summed E-state index contributed by atoms with van der Waals surface area (Å²) in [5.74, 6) is -2.67. The lowest BCUT2D eigenvalue weighted by molar-refractivity contribution is -0.137. The monoisotopic (exact) mass is 276 g/mol. The van der Waals surface area contributed by atoms with Gasteiger partial charge >= 0.3 is 5.97 Å². The Morgan fingerprint density at radius 1 is 1.60 bits per heavy atom. The second-order valence-corrected chi connectivity index (χ2v) is 4.14. The van der Waals surface area contributed by atoms with Crippen molar-refractivity contribution in [3.8, 4) is 5.75 Å². The first kappa shape index (κ1) is 12.0. The van der Waals surface area contributed by atoms with E-state index in [9.17, 15) is 14.3 Å². The Labute approximate surface area is 94.7 Å². The predicted molar refractivity (Wildman–Crippen MR) is 56.4 cm³/mol. The van der Waals surface area contributed by atoms with Crippen LogP contribution in [0.25, 0.3) is 0 Å². The molecule has 15 heavy (non-hydrogen) atoms. The van der Waals surface area contributed by atoms with Crippen molar-refractivity contribution in [2.75, 3.05) is 0 Å². The van der Waals surface area contributed by atoms with E-state index in [0.717, 1.165) is 6.07 Å². The lowest BCUT2D eigenvalue weighted by Crippen LogP contribution is -2.04. The molecule has 0 aromatic heterocycles. The molecule has 0 saturated heterocycles. The van der Waals surface area contributed by atoms with E-state index in [0.29, 0.717) is 4.47 Å². The molecule has 1 aromatic rings. The summed E-state index contributed by atoms with van der Waals surface area (Å²) in [5, 5.41) is 18.1. The molecule has 0 aliphatic rings. The van der Waals surface area contributed by atoms with E-state index in [2.05, 4.69) is 15.9 Å². The maximum Gasteiger partial charge on any atom is 0.303 e. The van der Waals surface area contributed by atoms with Gasteiger partial charge in [0, 0.05) is 10.0 Å². The van der Waals surface area contributed by atoms with Gasteiger partial charge in [0.2, 0.25) is 0 Å². The van der Waals surface area contributed by atoms with Crippen LogP contribution in [0.1, 0.15) is 24.8 Å². The molecule has 1 aromatic carbocycles. The second-order valence-electron chi connectivity index (χ2n) is 3.29. The minimum atomic E-state index is -0.988. The number of benzene rings is 1. The van der Waals surface area contributed by atoms with Gasteiger partial charge in [0.15, 0.2) is 11.6 Å². The highest BCUT2D eigenvalue weighted by Gasteiger charge is 2.19. The fraction of sp³-hybridized carbons (Fsp3) is 0.300. The molecule has 1 atom stereocenters. The maximum absolute atomic E-state index is 13.0. The Kier molecular flexibility index (Phi) is 3.68. The molecule has 82 valence electrons. The zero-order valence-electron chi connectivity index (χ0n) is 8.00. The minimum Gasteiger partial charge on any atom is -0.505 e. The predicted octanol–water partition coefficient (Wildman–Crippen LogP) is 2.87. The van der Waals surface area contributed by atoms with Gasteiger partial charge in [-0.3, -0.25) is 4.79 Å². The number of phenols is 1. The Balaban J connectivity index is 3.12. The molecule has 0 amide bonds. The van der Waals surface area contributed by atoms with Crippen molar-refractivity contribution >= 4 is 21.9 Å². The van der Waals surface area contributed by atoms with Gasteiger partial charge in [-0.15, -0.1) is 0 Å². The zero-order chi connectivity index (χ0) is 11.6. The Hall–Kier alpha value is -1.10. The molecule has 5 heteroatoms. The molecule has 0 saturated carbocycles. The first-order valence-corrected chi connectivity index (χ1v) is 5.11. The van der Waals surface area contributed by atoms with Crippen LogP contribution >= 0.6 is 15.9 Å². The van der Waals surface area contributed by atoms with Crippen LogP contribution in [0, 0.1) is 5.82 Å². The molecule has 1 rings (SSSR count). The first-order chi connectivity index (χ1) is 6.93. The normalized spacial score (nSPS) is 12.5. The number of phenolic OH excluding ortho intramolecular Hbond substituents is 1. The average molecular weight is 277 g/mol. The SMILES string of the molecule is CC(CC(=O)O)c1c(Br)ccc(F)c1O. The number of carbonyl (C=O) groups is 1. The average Bonchev–Trinajstić information content (AvgIpc) is 2.11. The van der Waals surface area contributed by atoms with E-state index in [4.69, 9.17) is 5.11 Å². The second kappa shape index (κ2) is 4.61. The van der Waals surface area contributed by atoms with Crippen molar-refractivity contribution in [2.45, 2.75) is 19.3 Å². The number of carboxylic acid groups (broad SMARTS) is 1. The van der Waals surface area contributed by atoms with E-state index in [1.165, 1.54) is 6.07 Å². The van der Waals surface area contributed by atoms with Crippen molar-refractivity contribution in [2.24, 2.45) is 0 Å². The van der Waals surface area contributed by atoms with Gasteiger partial charge in [-0.25, -0.2) is 4.39 Å². The number of hydrogen-bond acceptors (Lipinski definition) is 2. The van der Waals surface area contributed by atoms with Gasteiger partial charge in [0.25, 0.3) is 0 Å². The van der Waals surface area contributed by atoms with Crippen LogP contribution < -0.4 is 0 Å². The maximum atomic E-state index is 13.0. The van der Waals surface area contributed by atoms with Crippen LogP contribution in [0.15, 0.2) is 16.6 Å². The van der Waals surface area contributed by atoms with Crippen molar-refractivity contribution in [1.29, 1.82) is 0 Å². The summed E-state index contributed by atoms with van der Waals surface area (Å²) in [7, 11) is 0. The lowest BCUT2D eigenvalue weighted by atomic mass is 9.97. The quantitative estimate of drug-likeness (QED) is 0.893. The van der Waals surface area contributed by atoms with Crippen molar-refractivity contribution < 1.29 is 19.4 Å². The largest absolute Gasteiger partial charge is 0.505 e. The Bertz CT molecular complexity index is 392.